The fraction of sp³-hybridized carbons (Fsp3) is 0.500. The molecule has 2 rings (SSSR count). The highest BCUT2D eigenvalue weighted by molar-refractivity contribution is 9.10. The number of esters is 1. The number of hydrogen-bond acceptors (Lipinski definition) is 6. The lowest BCUT2D eigenvalue weighted by molar-refractivity contribution is -0.153. The SMILES string of the molecule is CCC.CCCN(C(=O)CNC(=O)OC)C(C)C(=O)OCC(=O)c1ccc(Br)c2c(C)c[nH]c12. The maximum absolute atomic E-state index is 12.7. The van der Waals surface area contributed by atoms with Crippen LogP contribution in [0.4, 0.5) is 4.79 Å². The first kappa shape index (κ1) is 29.2. The van der Waals surface area contributed by atoms with E-state index in [1.807, 2.05) is 13.8 Å². The number of aromatic amines is 1. The normalized spacial score (nSPS) is 11.1. The Balaban J connectivity index is 0.00000182. The molecule has 0 spiro atoms. The number of carbonyl (C=O) groups excluding carboxylic acids is 4. The number of H-pyrrole nitrogens is 1. The number of aromatic nitrogens is 1. The van der Waals surface area contributed by atoms with Gasteiger partial charge in [-0.2, -0.15) is 0 Å². The number of ether oxygens (including phenoxy) is 2. The summed E-state index contributed by atoms with van der Waals surface area (Å²) < 4.78 is 10.5. The lowest BCUT2D eigenvalue weighted by Gasteiger charge is -2.27. The molecule has 0 aliphatic rings. The number of aryl methyl sites for hydroxylation is 1. The Kier molecular flexibility index (Phi) is 12.3. The van der Waals surface area contributed by atoms with Crippen LogP contribution in [0.3, 0.4) is 0 Å². The number of alkyl carbamates (subject to hydrolysis) is 1. The third-order valence-electron chi connectivity index (χ3n) is 4.79. The summed E-state index contributed by atoms with van der Waals surface area (Å²) in [5.41, 5.74) is 2.06. The topological polar surface area (TPSA) is 118 Å². The largest absolute Gasteiger partial charge is 0.456 e. The fourth-order valence-corrected chi connectivity index (χ4v) is 3.80. The third-order valence-corrected chi connectivity index (χ3v) is 5.45. The molecule has 0 bridgehead atoms. The number of halogens is 1. The number of carbonyl (C=O) groups is 4. The van der Waals surface area contributed by atoms with Gasteiger partial charge in [0.15, 0.2) is 6.61 Å². The van der Waals surface area contributed by atoms with Gasteiger partial charge in [-0.25, -0.2) is 9.59 Å². The number of methoxy groups -OCH3 is 1. The Bertz CT molecular complexity index is 1000. The molecule has 34 heavy (non-hydrogen) atoms. The Hall–Kier alpha value is -2.88. The van der Waals surface area contributed by atoms with Crippen LogP contribution in [0.25, 0.3) is 10.9 Å². The second kappa shape index (κ2) is 14.4. The van der Waals surface area contributed by atoms with E-state index in [-0.39, 0.29) is 12.3 Å². The Morgan fingerprint density at radius 3 is 2.41 bits per heavy atom. The Morgan fingerprint density at radius 2 is 1.82 bits per heavy atom. The van der Waals surface area contributed by atoms with Gasteiger partial charge in [-0.3, -0.25) is 9.59 Å². The number of nitrogens with zero attached hydrogens (tertiary/aromatic N) is 1. The molecule has 2 N–H and O–H groups in total. The molecule has 2 amide bonds. The minimum absolute atomic E-state index is 0.293. The van der Waals surface area contributed by atoms with Crippen molar-refractivity contribution in [2.75, 3.05) is 26.8 Å². The van der Waals surface area contributed by atoms with E-state index in [0.29, 0.717) is 24.0 Å². The van der Waals surface area contributed by atoms with Crippen molar-refractivity contribution < 1.29 is 28.7 Å². The van der Waals surface area contributed by atoms with Crippen LogP contribution in [0.5, 0.6) is 0 Å². The molecule has 0 aliphatic carbocycles. The zero-order valence-corrected chi connectivity index (χ0v) is 22.2. The highest BCUT2D eigenvalue weighted by Gasteiger charge is 2.27. The molecule has 1 aromatic heterocycles. The van der Waals surface area contributed by atoms with Gasteiger partial charge in [-0.1, -0.05) is 43.1 Å². The van der Waals surface area contributed by atoms with Gasteiger partial charge < -0.3 is 24.7 Å². The minimum atomic E-state index is -0.919. The second-order valence-electron chi connectivity index (χ2n) is 7.66. The van der Waals surface area contributed by atoms with Gasteiger partial charge in [0, 0.05) is 28.2 Å². The third kappa shape index (κ3) is 7.86. The average molecular weight is 540 g/mol. The van der Waals surface area contributed by atoms with Crippen LogP contribution >= 0.6 is 15.9 Å². The van der Waals surface area contributed by atoms with E-state index in [1.54, 1.807) is 18.3 Å². The highest BCUT2D eigenvalue weighted by Crippen LogP contribution is 2.29. The number of rotatable bonds is 9. The molecule has 0 saturated carbocycles. The Morgan fingerprint density at radius 1 is 1.18 bits per heavy atom. The van der Waals surface area contributed by atoms with Gasteiger partial charge in [-0.05, 0) is 38.0 Å². The predicted octanol–water partition coefficient (Wildman–Crippen LogP) is 4.36. The minimum Gasteiger partial charge on any atom is -0.456 e. The molecule has 2 aromatic rings. The molecule has 10 heteroatoms. The van der Waals surface area contributed by atoms with E-state index in [2.05, 4.69) is 44.8 Å². The van der Waals surface area contributed by atoms with Crippen LogP contribution in [0, 0.1) is 6.92 Å². The first-order valence-electron chi connectivity index (χ1n) is 11.2. The summed E-state index contributed by atoms with van der Waals surface area (Å²) >= 11 is 3.47. The van der Waals surface area contributed by atoms with Crippen molar-refractivity contribution in [2.24, 2.45) is 0 Å². The number of hydrogen-bond donors (Lipinski definition) is 2. The van der Waals surface area contributed by atoms with Crippen LogP contribution < -0.4 is 5.32 Å². The standard InChI is InChI=1S/C21H26BrN3O6.C3H8/c1-5-8-25(17(27)10-24-21(29)30-4)13(3)20(28)31-11-16(26)14-6-7-15(22)18-12(2)9-23-19(14)18;1-3-2/h6-7,9,13,23H,5,8,10-11H2,1-4H3,(H,24,29);3H2,1-2H3. The smallest absolute Gasteiger partial charge is 0.407 e. The van der Waals surface area contributed by atoms with Crippen LogP contribution in [-0.2, 0) is 19.1 Å². The fourth-order valence-electron chi connectivity index (χ4n) is 3.16. The van der Waals surface area contributed by atoms with Gasteiger partial charge in [-0.15, -0.1) is 0 Å². The van der Waals surface area contributed by atoms with Crippen molar-refractivity contribution in [1.29, 1.82) is 0 Å². The Labute approximate surface area is 208 Å². The van der Waals surface area contributed by atoms with Gasteiger partial charge in [0.25, 0.3) is 0 Å². The van der Waals surface area contributed by atoms with Crippen LogP contribution in [0.1, 0.15) is 56.5 Å². The number of fused-ring (bicyclic) bond motifs is 1. The maximum Gasteiger partial charge on any atom is 0.407 e. The van der Waals surface area contributed by atoms with E-state index in [4.69, 9.17) is 4.74 Å². The number of nitrogens with one attached hydrogen (secondary N) is 2. The first-order chi connectivity index (χ1) is 16.1. The van der Waals surface area contributed by atoms with E-state index in [1.165, 1.54) is 25.4 Å². The predicted molar refractivity (Wildman–Crippen MR) is 134 cm³/mol. The lowest BCUT2D eigenvalue weighted by atomic mass is 10.1. The summed E-state index contributed by atoms with van der Waals surface area (Å²) in [5, 5.41) is 3.19. The number of benzene rings is 1. The van der Waals surface area contributed by atoms with Crippen LogP contribution in [0.15, 0.2) is 22.8 Å². The summed E-state index contributed by atoms with van der Waals surface area (Å²) in [6, 6.07) is 2.52. The summed E-state index contributed by atoms with van der Waals surface area (Å²) in [6.07, 6.45) is 2.91. The van der Waals surface area contributed by atoms with Crippen LogP contribution in [-0.4, -0.2) is 66.5 Å². The molecule has 1 atom stereocenters. The average Bonchev–Trinajstić information content (AvgIpc) is 3.21. The molecule has 1 unspecified atom stereocenters. The highest BCUT2D eigenvalue weighted by atomic mass is 79.9. The summed E-state index contributed by atoms with van der Waals surface area (Å²) in [4.78, 5) is 53.2. The van der Waals surface area contributed by atoms with Crippen molar-refractivity contribution >= 4 is 50.6 Å². The van der Waals surface area contributed by atoms with Gasteiger partial charge in [0.05, 0.1) is 12.6 Å². The maximum atomic E-state index is 12.7. The summed E-state index contributed by atoms with van der Waals surface area (Å²) in [5.74, 6) is -1.52. The van der Waals surface area contributed by atoms with Gasteiger partial charge >= 0.3 is 12.1 Å². The molecule has 1 heterocycles. The quantitative estimate of drug-likeness (QED) is 0.361. The zero-order chi connectivity index (χ0) is 25.8. The summed E-state index contributed by atoms with van der Waals surface area (Å²) in [7, 11) is 1.19. The monoisotopic (exact) mass is 539 g/mol. The van der Waals surface area contributed by atoms with Gasteiger partial charge in [0.2, 0.25) is 11.7 Å². The molecular weight excluding hydrogens is 506 g/mol. The van der Waals surface area contributed by atoms with Crippen molar-refractivity contribution in [1.82, 2.24) is 15.2 Å². The molecule has 0 radical (unpaired) electrons. The van der Waals surface area contributed by atoms with E-state index < -0.39 is 30.6 Å². The lowest BCUT2D eigenvalue weighted by Crippen LogP contribution is -2.48. The number of ketones is 1. The molecule has 9 nitrogen and oxygen atoms in total. The van der Waals surface area contributed by atoms with Crippen molar-refractivity contribution in [3.05, 3.63) is 33.9 Å². The van der Waals surface area contributed by atoms with Crippen molar-refractivity contribution in [3.63, 3.8) is 0 Å². The molecular formula is C24H34BrN3O6. The van der Waals surface area contributed by atoms with Gasteiger partial charge in [0.1, 0.15) is 12.6 Å². The first-order valence-corrected chi connectivity index (χ1v) is 12.0. The second-order valence-corrected chi connectivity index (χ2v) is 8.52. The summed E-state index contributed by atoms with van der Waals surface area (Å²) in [6.45, 7) is 9.07. The zero-order valence-electron chi connectivity index (χ0n) is 20.6. The van der Waals surface area contributed by atoms with E-state index >= 15 is 0 Å². The molecule has 0 saturated heterocycles. The van der Waals surface area contributed by atoms with Crippen molar-refractivity contribution in [2.45, 2.75) is 53.5 Å². The number of amides is 2. The molecule has 0 aliphatic heterocycles. The van der Waals surface area contributed by atoms with Crippen LogP contribution in [0.2, 0.25) is 0 Å². The number of Topliss-reactive ketones (excluding diaryl/α,β-unsaturated/α-hetero) is 1. The van der Waals surface area contributed by atoms with E-state index in [9.17, 15) is 19.2 Å². The molecule has 1 aromatic carbocycles. The molecule has 0 fully saturated rings. The van der Waals surface area contributed by atoms with Crippen molar-refractivity contribution in [3.8, 4) is 0 Å². The van der Waals surface area contributed by atoms with E-state index in [0.717, 1.165) is 15.4 Å². The molecule has 188 valence electrons.